The van der Waals surface area contributed by atoms with Crippen molar-refractivity contribution in [3.8, 4) is 0 Å². The van der Waals surface area contributed by atoms with Gasteiger partial charge in [-0.1, -0.05) is 12.1 Å². The summed E-state index contributed by atoms with van der Waals surface area (Å²) in [5.74, 6) is -1.18. The minimum absolute atomic E-state index is 0.0687. The second-order valence-electron chi connectivity index (χ2n) is 6.50. The van der Waals surface area contributed by atoms with E-state index in [1.54, 1.807) is 30.3 Å². The van der Waals surface area contributed by atoms with Gasteiger partial charge in [-0.05, 0) is 30.4 Å². The number of nitro benzene ring substituents is 1. The lowest BCUT2D eigenvalue weighted by Gasteiger charge is -2.30. The Balaban J connectivity index is 1.82. The van der Waals surface area contributed by atoms with Gasteiger partial charge in [-0.2, -0.15) is 0 Å². The van der Waals surface area contributed by atoms with Crippen molar-refractivity contribution in [3.63, 3.8) is 0 Å². The molecule has 1 amide bonds. The van der Waals surface area contributed by atoms with Crippen LogP contribution < -0.4 is 15.5 Å². The fourth-order valence-electron chi connectivity index (χ4n) is 3.10. The lowest BCUT2D eigenvalue weighted by molar-refractivity contribution is -0.384. The number of amides is 1. The molecule has 0 spiro atoms. The third-order valence-corrected chi connectivity index (χ3v) is 4.80. The number of carbonyl (C=O) groups excluding carboxylic acids is 2. The van der Waals surface area contributed by atoms with Gasteiger partial charge in [-0.15, -0.1) is 0 Å². The first-order valence-electron chi connectivity index (χ1n) is 9.31. The highest BCUT2D eigenvalue weighted by Gasteiger charge is 2.23. The summed E-state index contributed by atoms with van der Waals surface area (Å²) in [5, 5.41) is 16.5. The Hall–Kier alpha value is -3.57. The highest BCUT2D eigenvalue weighted by molar-refractivity contribution is 7.80. The van der Waals surface area contributed by atoms with E-state index in [2.05, 4.69) is 10.6 Å². The molecule has 0 aliphatic carbocycles. The topological polar surface area (TPSA) is 123 Å². The molecule has 11 heteroatoms. The maximum absolute atomic E-state index is 12.9. The monoisotopic (exact) mass is 444 g/mol. The van der Waals surface area contributed by atoms with Gasteiger partial charge in [0, 0.05) is 25.2 Å². The van der Waals surface area contributed by atoms with Crippen molar-refractivity contribution < 1.29 is 24.0 Å². The predicted octanol–water partition coefficient (Wildman–Crippen LogP) is 2.34. The standard InChI is InChI=1S/C20H20N4O6S/c1-29-19(26)14-4-2-3-5-16(14)21-20(31)22-18(25)15-12-13(24(27)28)6-7-17(15)23-8-10-30-11-9-23/h2-7,12H,8-11H2,1H3,(H2,21,22,25,31). The number of nitrogens with zero attached hydrogens (tertiary/aromatic N) is 2. The summed E-state index contributed by atoms with van der Waals surface area (Å²) in [6.07, 6.45) is 0. The number of para-hydroxylation sites is 1. The van der Waals surface area contributed by atoms with Gasteiger partial charge in [0.1, 0.15) is 0 Å². The normalized spacial score (nSPS) is 13.3. The van der Waals surface area contributed by atoms with E-state index in [9.17, 15) is 19.7 Å². The summed E-state index contributed by atoms with van der Waals surface area (Å²) in [7, 11) is 1.26. The zero-order valence-corrected chi connectivity index (χ0v) is 17.4. The van der Waals surface area contributed by atoms with Crippen molar-refractivity contribution >= 4 is 46.3 Å². The minimum Gasteiger partial charge on any atom is -0.465 e. The van der Waals surface area contributed by atoms with Crippen LogP contribution in [-0.4, -0.2) is 55.3 Å². The number of thiocarbonyl (C=S) groups is 1. The van der Waals surface area contributed by atoms with Gasteiger partial charge in [0.05, 0.1) is 47.7 Å². The molecular weight excluding hydrogens is 424 g/mol. The van der Waals surface area contributed by atoms with E-state index in [1.165, 1.54) is 19.2 Å². The first-order valence-corrected chi connectivity index (χ1v) is 9.72. The average Bonchev–Trinajstić information content (AvgIpc) is 2.79. The number of non-ortho nitro benzene ring substituents is 1. The summed E-state index contributed by atoms with van der Waals surface area (Å²) in [5.41, 5.74) is 1.04. The van der Waals surface area contributed by atoms with E-state index < -0.39 is 16.8 Å². The summed E-state index contributed by atoms with van der Waals surface area (Å²) in [6, 6.07) is 10.6. The van der Waals surface area contributed by atoms with Crippen LogP contribution in [0.25, 0.3) is 0 Å². The van der Waals surface area contributed by atoms with Crippen LogP contribution in [0.5, 0.6) is 0 Å². The van der Waals surface area contributed by atoms with Crippen LogP contribution >= 0.6 is 12.2 Å². The van der Waals surface area contributed by atoms with Crippen molar-refractivity contribution in [2.45, 2.75) is 0 Å². The SMILES string of the molecule is COC(=O)c1ccccc1NC(=S)NC(=O)c1cc([N+](=O)[O-])ccc1N1CCOCC1. The molecule has 1 aliphatic rings. The van der Waals surface area contributed by atoms with E-state index in [0.29, 0.717) is 37.7 Å². The van der Waals surface area contributed by atoms with E-state index in [1.807, 2.05) is 4.90 Å². The maximum Gasteiger partial charge on any atom is 0.339 e. The fourth-order valence-corrected chi connectivity index (χ4v) is 3.31. The molecule has 2 N–H and O–H groups in total. The molecule has 0 aromatic heterocycles. The van der Waals surface area contributed by atoms with Gasteiger partial charge < -0.3 is 19.7 Å². The fraction of sp³-hybridized carbons (Fsp3) is 0.250. The molecule has 2 aromatic carbocycles. The third kappa shape index (κ3) is 5.32. The highest BCUT2D eigenvalue weighted by atomic mass is 32.1. The molecule has 1 heterocycles. The number of morpholine rings is 1. The van der Waals surface area contributed by atoms with Gasteiger partial charge >= 0.3 is 5.97 Å². The molecule has 0 unspecified atom stereocenters. The van der Waals surface area contributed by atoms with Gasteiger partial charge in [-0.25, -0.2) is 4.79 Å². The minimum atomic E-state index is -0.613. The highest BCUT2D eigenvalue weighted by Crippen LogP contribution is 2.26. The van der Waals surface area contributed by atoms with Gasteiger partial charge in [0.2, 0.25) is 0 Å². The van der Waals surface area contributed by atoms with Crippen molar-refractivity contribution in [1.82, 2.24) is 5.32 Å². The van der Waals surface area contributed by atoms with E-state index in [4.69, 9.17) is 21.7 Å². The number of benzene rings is 2. The summed E-state index contributed by atoms with van der Waals surface area (Å²) in [4.78, 5) is 37.4. The zero-order chi connectivity index (χ0) is 22.4. The molecule has 31 heavy (non-hydrogen) atoms. The molecule has 0 radical (unpaired) electrons. The van der Waals surface area contributed by atoms with E-state index in [-0.39, 0.29) is 21.9 Å². The van der Waals surface area contributed by atoms with Crippen LogP contribution in [-0.2, 0) is 9.47 Å². The third-order valence-electron chi connectivity index (χ3n) is 4.59. The largest absolute Gasteiger partial charge is 0.465 e. The number of rotatable bonds is 5. The summed E-state index contributed by atoms with van der Waals surface area (Å²) < 4.78 is 10.1. The first kappa shape index (κ1) is 22.1. The van der Waals surface area contributed by atoms with Gasteiger partial charge in [0.25, 0.3) is 11.6 Å². The number of esters is 1. The first-order chi connectivity index (χ1) is 14.9. The van der Waals surface area contributed by atoms with E-state index in [0.717, 1.165) is 0 Å². The quantitative estimate of drug-likeness (QED) is 0.310. The second kappa shape index (κ2) is 9.96. The Kier molecular flexibility index (Phi) is 7.11. The molecular formula is C20H20N4O6S. The lowest BCUT2D eigenvalue weighted by Crippen LogP contribution is -2.39. The Labute approximate surface area is 183 Å². The number of nitrogens with one attached hydrogen (secondary N) is 2. The van der Waals surface area contributed by atoms with Crippen molar-refractivity contribution in [1.29, 1.82) is 0 Å². The summed E-state index contributed by atoms with van der Waals surface area (Å²) in [6.45, 7) is 2.07. The van der Waals surface area contributed by atoms with Crippen LogP contribution in [0.15, 0.2) is 42.5 Å². The number of hydrogen-bond acceptors (Lipinski definition) is 8. The Morgan fingerprint density at radius 3 is 2.55 bits per heavy atom. The number of methoxy groups -OCH3 is 1. The van der Waals surface area contributed by atoms with Crippen molar-refractivity contribution in [2.24, 2.45) is 0 Å². The molecule has 2 aromatic rings. The zero-order valence-electron chi connectivity index (χ0n) is 16.6. The number of anilines is 2. The van der Waals surface area contributed by atoms with E-state index >= 15 is 0 Å². The van der Waals surface area contributed by atoms with Crippen LogP contribution in [0.1, 0.15) is 20.7 Å². The molecule has 1 saturated heterocycles. The number of hydrogen-bond donors (Lipinski definition) is 2. The molecule has 0 atom stereocenters. The maximum atomic E-state index is 12.9. The van der Waals surface area contributed by atoms with Crippen LogP contribution in [0.4, 0.5) is 17.1 Å². The number of carbonyl (C=O) groups is 2. The second-order valence-corrected chi connectivity index (χ2v) is 6.91. The van der Waals surface area contributed by atoms with Crippen molar-refractivity contribution in [3.05, 3.63) is 63.7 Å². The predicted molar refractivity (Wildman–Crippen MR) is 118 cm³/mol. The van der Waals surface area contributed by atoms with Crippen LogP contribution in [0.2, 0.25) is 0 Å². The van der Waals surface area contributed by atoms with Gasteiger partial charge in [0.15, 0.2) is 5.11 Å². The molecule has 1 aliphatic heterocycles. The molecule has 0 saturated carbocycles. The molecule has 10 nitrogen and oxygen atoms in total. The molecule has 0 bridgehead atoms. The van der Waals surface area contributed by atoms with Crippen molar-refractivity contribution in [2.75, 3.05) is 43.6 Å². The molecule has 162 valence electrons. The smallest absolute Gasteiger partial charge is 0.339 e. The van der Waals surface area contributed by atoms with Gasteiger partial charge in [-0.3, -0.25) is 20.2 Å². The lowest BCUT2D eigenvalue weighted by atomic mass is 10.1. The number of nitro groups is 1. The Morgan fingerprint density at radius 1 is 1.16 bits per heavy atom. The Bertz CT molecular complexity index is 1020. The molecule has 1 fully saturated rings. The number of ether oxygens (including phenoxy) is 2. The van der Waals surface area contributed by atoms with Crippen LogP contribution in [0, 0.1) is 10.1 Å². The average molecular weight is 444 g/mol. The molecule has 3 rings (SSSR count). The Morgan fingerprint density at radius 2 is 1.87 bits per heavy atom. The summed E-state index contributed by atoms with van der Waals surface area (Å²) >= 11 is 5.22. The van der Waals surface area contributed by atoms with Crippen LogP contribution in [0.3, 0.4) is 0 Å².